The number of carbonyl (C=O) groups excluding carboxylic acids is 3. The molecule has 19 nitrogen and oxygen atoms in total. The summed E-state index contributed by atoms with van der Waals surface area (Å²) in [6.07, 6.45) is 1.02. The second kappa shape index (κ2) is 24.1. The van der Waals surface area contributed by atoms with Crippen LogP contribution in [-0.2, 0) is 20.0 Å². The molecule has 2 atom stereocenters. The number of fused-ring (bicyclic) bond motifs is 2. The van der Waals surface area contributed by atoms with Crippen molar-refractivity contribution in [1.82, 2.24) is 30.7 Å². The van der Waals surface area contributed by atoms with Gasteiger partial charge in [-0.05, 0) is 94.4 Å². The Kier molecular flexibility index (Phi) is 18.6. The van der Waals surface area contributed by atoms with Crippen molar-refractivity contribution in [2.45, 2.75) is 55.2 Å². The highest BCUT2D eigenvalue weighted by molar-refractivity contribution is 7.92. The summed E-state index contributed by atoms with van der Waals surface area (Å²) in [6.45, 7) is 6.79. The highest BCUT2D eigenvalue weighted by atomic mass is 32.2. The number of benzene rings is 4. The third-order valence-electron chi connectivity index (χ3n) is 10.5. The molecule has 4 aromatic carbocycles. The van der Waals surface area contributed by atoms with E-state index in [2.05, 4.69) is 26.0 Å². The number of thiocarbonyl (C=S) groups is 1. The van der Waals surface area contributed by atoms with Gasteiger partial charge < -0.3 is 49.7 Å². The van der Waals surface area contributed by atoms with Crippen molar-refractivity contribution < 1.29 is 68.4 Å². The van der Waals surface area contributed by atoms with Gasteiger partial charge in [-0.15, -0.1) is 0 Å². The van der Waals surface area contributed by atoms with E-state index in [-0.39, 0.29) is 93.7 Å². The first-order valence-electron chi connectivity index (χ1n) is 21.6. The smallest absolute Gasteiger partial charge is 0.328 e. The van der Waals surface area contributed by atoms with E-state index < -0.39 is 49.5 Å². The number of hydrogen-bond donors (Lipinski definition) is 6. The van der Waals surface area contributed by atoms with Crippen molar-refractivity contribution in [3.05, 3.63) is 94.6 Å². The van der Waals surface area contributed by atoms with E-state index in [1.807, 2.05) is 4.72 Å². The first-order chi connectivity index (χ1) is 32.9. The Morgan fingerprint density at radius 2 is 1.09 bits per heavy atom. The predicted molar refractivity (Wildman–Crippen MR) is 253 cm³/mol. The van der Waals surface area contributed by atoms with Crippen LogP contribution < -0.4 is 59.1 Å². The lowest BCUT2D eigenvalue weighted by Crippen LogP contribution is -2.39. The fourth-order valence-electron chi connectivity index (χ4n) is 7.26. The largest absolute Gasteiger partial charge is 0.496 e. The van der Waals surface area contributed by atoms with Gasteiger partial charge in [0.25, 0.3) is 31.9 Å². The summed E-state index contributed by atoms with van der Waals surface area (Å²) >= 11 is 4.95. The molecular weight excluding hydrogens is 967 g/mol. The van der Waals surface area contributed by atoms with E-state index in [4.69, 9.17) is 40.6 Å². The van der Waals surface area contributed by atoms with Gasteiger partial charge in [-0.2, -0.15) is 0 Å². The van der Waals surface area contributed by atoms with Gasteiger partial charge in [0.1, 0.15) is 55.9 Å². The van der Waals surface area contributed by atoms with Crippen LogP contribution in [-0.4, -0.2) is 107 Å². The van der Waals surface area contributed by atoms with Gasteiger partial charge in [0.2, 0.25) is 0 Å². The first-order valence-corrected chi connectivity index (χ1v) is 24.9. The Bertz CT molecular complexity index is 2770. The average molecular weight is 1020 g/mol. The molecule has 0 bridgehead atoms. The fourth-order valence-corrected chi connectivity index (χ4v) is 9.80. The molecule has 2 unspecified atom stereocenters. The van der Waals surface area contributed by atoms with E-state index in [9.17, 15) is 40.0 Å². The van der Waals surface area contributed by atoms with E-state index in [0.29, 0.717) is 48.7 Å². The molecule has 24 heteroatoms. The van der Waals surface area contributed by atoms with Crippen LogP contribution in [0.3, 0.4) is 0 Å². The molecule has 4 amide bonds. The molecule has 6 N–H and O–H groups in total. The minimum atomic E-state index is -4.27. The maximum atomic E-state index is 13.7. The molecule has 2 aliphatic rings. The molecule has 2 aliphatic heterocycles. The molecule has 6 rings (SSSR count). The van der Waals surface area contributed by atoms with Gasteiger partial charge in [0, 0.05) is 61.8 Å². The lowest BCUT2D eigenvalue weighted by Gasteiger charge is -2.28. The second-order valence-electron chi connectivity index (χ2n) is 15.0. The average Bonchev–Trinajstić information content (AvgIpc) is 3.31. The molecule has 0 spiro atoms. The van der Waals surface area contributed by atoms with Gasteiger partial charge in [-0.25, -0.2) is 35.1 Å². The van der Waals surface area contributed by atoms with Crippen LogP contribution in [0.25, 0.3) is 0 Å². The molecular formula is C45H54F2N6O13S3. The van der Waals surface area contributed by atoms with Crippen LogP contribution in [0.4, 0.5) is 13.6 Å². The molecule has 0 aromatic heterocycles. The maximum absolute atomic E-state index is 13.7. The number of rotatable bonds is 17. The third kappa shape index (κ3) is 13.5. The zero-order chi connectivity index (χ0) is 50.5. The van der Waals surface area contributed by atoms with Gasteiger partial charge in [0.15, 0.2) is 5.11 Å². The Morgan fingerprint density at radius 3 is 1.48 bits per heavy atom. The predicted octanol–water partition coefficient (Wildman–Crippen LogP) is 4.85. The number of nitrogens with one attached hydrogen (secondary N) is 6. The molecule has 0 saturated heterocycles. The highest BCUT2D eigenvalue weighted by Crippen LogP contribution is 2.41. The maximum Gasteiger partial charge on any atom is 0.328 e. The van der Waals surface area contributed by atoms with Crippen LogP contribution in [0.1, 0.15) is 77.3 Å². The summed E-state index contributed by atoms with van der Waals surface area (Å²) in [4.78, 5) is 37.0. The van der Waals surface area contributed by atoms with Crippen molar-refractivity contribution in [3.8, 4) is 34.5 Å². The van der Waals surface area contributed by atoms with Crippen LogP contribution in [0.15, 0.2) is 70.5 Å². The Hall–Kier alpha value is -6.66. The van der Waals surface area contributed by atoms with Gasteiger partial charge in [0.05, 0.1) is 51.8 Å². The molecule has 0 radical (unpaired) electrons. The van der Waals surface area contributed by atoms with E-state index in [1.54, 1.807) is 20.8 Å². The third-order valence-corrected chi connectivity index (χ3v) is 13.7. The Balaban J connectivity index is 0.000000258. The van der Waals surface area contributed by atoms with E-state index in [0.717, 1.165) is 12.1 Å². The van der Waals surface area contributed by atoms with Crippen molar-refractivity contribution in [2.24, 2.45) is 0 Å². The highest BCUT2D eigenvalue weighted by Gasteiger charge is 2.32. The van der Waals surface area contributed by atoms with E-state index >= 15 is 0 Å². The fraction of sp³-hybridized carbons (Fsp3) is 0.378. The van der Waals surface area contributed by atoms with Gasteiger partial charge in [-0.1, -0.05) is 0 Å². The second-order valence-corrected chi connectivity index (χ2v) is 18.7. The standard InChI is InChI=1S/C23H28FN3O7S.C22H26FN3O6S2/c1-4-25-23(29)27-35(30,31)21-11-16-14(8-9-34-19(16)12-20(21)33-5-2)13-26-22(28)17-10-15(24)6-7-18(17)32-3;1-4-31-19-11-18-15(10-20(19)34(28,29)26-22(33)24-2)13(7-8-32-18)12-25-21(27)16-9-14(23)5-6-17(16)30-3/h6-7,10-12,14H,4-5,8-9,13H2,1-3H3,(H,26,28)(H2,25,27,29);5-6,9-11,13H,4,7-8,12H2,1-3H3,(H,25,27)(H2,24,26,33). The quantitative estimate of drug-likeness (QED) is 0.0775. The zero-order valence-electron chi connectivity index (χ0n) is 38.6. The van der Waals surface area contributed by atoms with Crippen molar-refractivity contribution >= 4 is 55.2 Å². The topological polar surface area (TPSA) is 247 Å². The summed E-state index contributed by atoms with van der Waals surface area (Å²) in [6, 6.07) is 12.3. The Labute approximate surface area is 404 Å². The molecule has 0 aliphatic carbocycles. The van der Waals surface area contributed by atoms with Gasteiger partial charge >= 0.3 is 6.03 Å². The summed E-state index contributed by atoms with van der Waals surface area (Å²) < 4.78 is 116. The van der Waals surface area contributed by atoms with Crippen molar-refractivity contribution in [2.75, 3.05) is 67.3 Å². The monoisotopic (exact) mass is 1020 g/mol. The summed E-state index contributed by atoms with van der Waals surface area (Å²) in [5.74, 6) is -1.24. The number of sulfonamides is 2. The van der Waals surface area contributed by atoms with Crippen molar-refractivity contribution in [3.63, 3.8) is 0 Å². The molecule has 374 valence electrons. The number of halogens is 2. The van der Waals surface area contributed by atoms with E-state index in [1.165, 1.54) is 69.8 Å². The molecule has 2 heterocycles. The number of methoxy groups -OCH3 is 2. The number of carbonyl (C=O) groups is 3. The number of hydrogen-bond acceptors (Lipinski definition) is 14. The molecule has 0 fully saturated rings. The van der Waals surface area contributed by atoms with Crippen LogP contribution >= 0.6 is 12.2 Å². The number of urea groups is 1. The lowest BCUT2D eigenvalue weighted by atomic mass is 9.92. The number of amides is 4. The van der Waals surface area contributed by atoms with Crippen LogP contribution in [0.5, 0.6) is 34.5 Å². The van der Waals surface area contributed by atoms with Gasteiger partial charge in [-0.3, -0.25) is 14.3 Å². The van der Waals surface area contributed by atoms with Crippen molar-refractivity contribution in [1.29, 1.82) is 0 Å². The molecule has 4 aromatic rings. The number of ether oxygens (including phenoxy) is 6. The minimum Gasteiger partial charge on any atom is -0.496 e. The summed E-state index contributed by atoms with van der Waals surface area (Å²) in [5, 5.41) is 10.4. The summed E-state index contributed by atoms with van der Waals surface area (Å²) in [5.41, 5.74) is 1.23. The first kappa shape index (κ1) is 53.3. The zero-order valence-corrected chi connectivity index (χ0v) is 41.0. The molecule has 0 saturated carbocycles. The molecule has 69 heavy (non-hydrogen) atoms. The van der Waals surface area contributed by atoms with Crippen LogP contribution in [0.2, 0.25) is 0 Å². The van der Waals surface area contributed by atoms with Crippen LogP contribution in [0, 0.1) is 11.6 Å². The summed E-state index contributed by atoms with van der Waals surface area (Å²) in [7, 11) is -4.04. The Morgan fingerprint density at radius 1 is 0.652 bits per heavy atom. The minimum absolute atomic E-state index is 0.0391. The lowest BCUT2D eigenvalue weighted by molar-refractivity contribution is 0.0936. The SMILES string of the molecule is CCNC(=O)NS(=O)(=O)c1cc2c(cc1OCC)OCCC2CNC(=O)c1cc(F)ccc1OC.CCOc1cc2c(cc1S(=O)(=O)NC(=S)NC)C(CNC(=O)c1cc(F)ccc1OC)CCO2. The normalized spacial score (nSPS) is 14.8.